The zero-order chi connectivity index (χ0) is 19.3. The Morgan fingerprint density at radius 3 is 2.40 bits per heavy atom. The molecule has 166 valence electrons. The second-order valence-corrected chi connectivity index (χ2v) is 7.68. The van der Waals surface area contributed by atoms with Crippen molar-refractivity contribution in [2.75, 3.05) is 26.2 Å². The van der Waals surface area contributed by atoms with Crippen molar-refractivity contribution < 1.29 is 13.9 Å². The molecule has 7 heteroatoms. The zero-order valence-corrected chi connectivity index (χ0v) is 18.9. The van der Waals surface area contributed by atoms with Gasteiger partial charge in [-0.3, -0.25) is 0 Å². The molecule has 0 amide bonds. The summed E-state index contributed by atoms with van der Waals surface area (Å²) in [7, 11) is 0. The normalized spacial score (nSPS) is 22.0. The van der Waals surface area contributed by atoms with Gasteiger partial charge in [0.2, 0.25) is 0 Å². The highest BCUT2D eigenvalue weighted by Gasteiger charge is 2.33. The molecule has 1 unspecified atom stereocenters. The molecular weight excluding hydrogens is 426 g/mol. The average molecular weight is 457 g/mol. The molecule has 2 aromatic carbocycles. The van der Waals surface area contributed by atoms with Crippen molar-refractivity contribution in [1.82, 2.24) is 10.2 Å². The quantitative estimate of drug-likeness (QED) is 0.616. The van der Waals surface area contributed by atoms with Gasteiger partial charge in [0.1, 0.15) is 12.4 Å². The van der Waals surface area contributed by atoms with Gasteiger partial charge in [0.05, 0.1) is 6.61 Å². The fourth-order valence-electron chi connectivity index (χ4n) is 4.34. The van der Waals surface area contributed by atoms with Crippen molar-refractivity contribution in [2.45, 2.75) is 39.0 Å². The van der Waals surface area contributed by atoms with Gasteiger partial charge in [-0.05, 0) is 50.9 Å². The van der Waals surface area contributed by atoms with Crippen molar-refractivity contribution in [3.63, 3.8) is 0 Å². The van der Waals surface area contributed by atoms with E-state index in [-0.39, 0.29) is 37.2 Å². The Balaban J connectivity index is 0.00000160. The third-order valence-electron chi connectivity index (χ3n) is 5.90. The first-order valence-corrected chi connectivity index (χ1v) is 10.3. The van der Waals surface area contributed by atoms with Crippen LogP contribution in [0.4, 0.5) is 4.39 Å². The highest BCUT2D eigenvalue weighted by molar-refractivity contribution is 5.85. The van der Waals surface area contributed by atoms with Crippen LogP contribution in [-0.4, -0.2) is 37.2 Å². The molecule has 4 nitrogen and oxygen atoms in total. The molecule has 0 saturated carbocycles. The summed E-state index contributed by atoms with van der Waals surface area (Å²) in [5.74, 6) is 1.94. The fraction of sp³-hybridized carbons (Fsp3) is 0.478. The predicted octanol–water partition coefficient (Wildman–Crippen LogP) is 4.83. The minimum Gasteiger partial charge on any atom is -0.490 e. The van der Waals surface area contributed by atoms with E-state index in [0.29, 0.717) is 29.7 Å². The van der Waals surface area contributed by atoms with Crippen molar-refractivity contribution in [1.29, 1.82) is 0 Å². The van der Waals surface area contributed by atoms with Crippen molar-refractivity contribution in [3.05, 3.63) is 59.4 Å². The first-order valence-electron chi connectivity index (χ1n) is 10.3. The first-order chi connectivity index (χ1) is 13.7. The Bertz CT molecular complexity index is 801. The number of nitrogens with one attached hydrogen (secondary N) is 1. The average Bonchev–Trinajstić information content (AvgIpc) is 2.73. The summed E-state index contributed by atoms with van der Waals surface area (Å²) < 4.78 is 25.8. The van der Waals surface area contributed by atoms with E-state index >= 15 is 0 Å². The maximum Gasteiger partial charge on any atom is 0.166 e. The lowest BCUT2D eigenvalue weighted by molar-refractivity contribution is 0.0718. The standard InChI is InChI=1S/C23H29FN2O2.2ClH/c1-2-27-22-9-5-7-18(14-25-21-15-26-12-10-17(21)11-13-26)23(22)28-16-19-6-3-4-8-20(19)24;;/h3-9,17,21,25H,2,10-16H2,1H3;2*1H. The third-order valence-corrected chi connectivity index (χ3v) is 5.90. The van der Waals surface area contributed by atoms with E-state index in [1.165, 1.54) is 32.0 Å². The SMILES string of the molecule is CCOc1cccc(CNC2CN3CCC2CC3)c1OCc1ccccc1F.Cl.Cl. The highest BCUT2D eigenvalue weighted by Crippen LogP contribution is 2.33. The van der Waals surface area contributed by atoms with Gasteiger partial charge in [-0.25, -0.2) is 4.39 Å². The number of ether oxygens (including phenoxy) is 2. The molecule has 3 saturated heterocycles. The van der Waals surface area contributed by atoms with Gasteiger partial charge >= 0.3 is 0 Å². The lowest BCUT2D eigenvalue weighted by Gasteiger charge is -2.45. The summed E-state index contributed by atoms with van der Waals surface area (Å²) >= 11 is 0. The van der Waals surface area contributed by atoms with Crippen molar-refractivity contribution >= 4 is 24.8 Å². The van der Waals surface area contributed by atoms with Crippen LogP contribution in [0.5, 0.6) is 11.5 Å². The Morgan fingerprint density at radius 1 is 1.00 bits per heavy atom. The van der Waals surface area contributed by atoms with E-state index in [1.807, 2.05) is 25.1 Å². The molecular formula is C23H31Cl2FN2O2. The van der Waals surface area contributed by atoms with E-state index in [9.17, 15) is 4.39 Å². The van der Waals surface area contributed by atoms with E-state index in [2.05, 4.69) is 16.3 Å². The van der Waals surface area contributed by atoms with Crippen LogP contribution in [0.2, 0.25) is 0 Å². The van der Waals surface area contributed by atoms with Gasteiger partial charge in [0.15, 0.2) is 11.5 Å². The number of halogens is 3. The highest BCUT2D eigenvalue weighted by atomic mass is 35.5. The van der Waals surface area contributed by atoms with Crippen LogP contribution in [0.1, 0.15) is 30.9 Å². The maximum atomic E-state index is 14.0. The zero-order valence-electron chi connectivity index (χ0n) is 17.3. The largest absolute Gasteiger partial charge is 0.490 e. The van der Waals surface area contributed by atoms with E-state index in [0.717, 1.165) is 24.6 Å². The first kappa shape index (κ1) is 24.7. The molecule has 3 heterocycles. The monoisotopic (exact) mass is 456 g/mol. The molecule has 2 bridgehead atoms. The van der Waals surface area contributed by atoms with Crippen molar-refractivity contribution in [2.24, 2.45) is 5.92 Å². The molecule has 2 aromatic rings. The fourth-order valence-corrected chi connectivity index (χ4v) is 4.34. The Morgan fingerprint density at radius 2 is 1.73 bits per heavy atom. The number of fused-ring (bicyclic) bond motifs is 3. The second-order valence-electron chi connectivity index (χ2n) is 7.68. The van der Waals surface area contributed by atoms with Gasteiger partial charge in [0, 0.05) is 30.3 Å². The van der Waals surface area contributed by atoms with Gasteiger partial charge in [-0.15, -0.1) is 24.8 Å². The van der Waals surface area contributed by atoms with Crippen LogP contribution >= 0.6 is 24.8 Å². The molecule has 30 heavy (non-hydrogen) atoms. The van der Waals surface area contributed by atoms with Crippen LogP contribution in [0.25, 0.3) is 0 Å². The van der Waals surface area contributed by atoms with E-state index in [4.69, 9.17) is 9.47 Å². The molecule has 5 rings (SSSR count). The smallest absolute Gasteiger partial charge is 0.166 e. The number of piperidine rings is 3. The molecule has 3 fully saturated rings. The van der Waals surface area contributed by atoms with Crippen molar-refractivity contribution in [3.8, 4) is 11.5 Å². The Kier molecular flexibility index (Phi) is 9.69. The number of hydrogen-bond acceptors (Lipinski definition) is 4. The minimum atomic E-state index is -0.247. The van der Waals surface area contributed by atoms with Gasteiger partial charge < -0.3 is 19.7 Å². The minimum absolute atomic E-state index is 0. The van der Waals surface area contributed by atoms with Crippen LogP contribution in [0.15, 0.2) is 42.5 Å². The number of benzene rings is 2. The topological polar surface area (TPSA) is 33.7 Å². The maximum absolute atomic E-state index is 14.0. The summed E-state index contributed by atoms with van der Waals surface area (Å²) in [5.41, 5.74) is 1.60. The molecule has 1 N–H and O–H groups in total. The summed E-state index contributed by atoms with van der Waals surface area (Å²) in [4.78, 5) is 2.55. The summed E-state index contributed by atoms with van der Waals surface area (Å²) in [6, 6.07) is 13.2. The Hall–Kier alpha value is -1.53. The molecule has 0 radical (unpaired) electrons. The number of nitrogens with zero attached hydrogens (tertiary/aromatic N) is 1. The molecule has 0 spiro atoms. The van der Waals surface area contributed by atoms with Crippen LogP contribution in [-0.2, 0) is 13.2 Å². The third kappa shape index (κ3) is 5.79. The number of rotatable bonds is 8. The second kappa shape index (κ2) is 11.8. The number of hydrogen-bond donors (Lipinski definition) is 1. The molecule has 1 atom stereocenters. The number of para-hydroxylation sites is 1. The summed E-state index contributed by atoms with van der Waals surface area (Å²) in [6.45, 7) is 7.03. The lowest BCUT2D eigenvalue weighted by atomic mass is 9.84. The van der Waals surface area contributed by atoms with Crippen LogP contribution < -0.4 is 14.8 Å². The van der Waals surface area contributed by atoms with E-state index in [1.54, 1.807) is 12.1 Å². The van der Waals surface area contributed by atoms with Crippen LogP contribution in [0.3, 0.4) is 0 Å². The molecule has 3 aliphatic heterocycles. The molecule has 3 aliphatic rings. The molecule has 0 aliphatic carbocycles. The van der Waals surface area contributed by atoms with Gasteiger partial charge in [0.25, 0.3) is 0 Å². The Labute approximate surface area is 190 Å². The van der Waals surface area contributed by atoms with E-state index < -0.39 is 0 Å². The summed E-state index contributed by atoms with van der Waals surface area (Å²) in [5, 5.41) is 3.74. The predicted molar refractivity (Wildman–Crippen MR) is 123 cm³/mol. The van der Waals surface area contributed by atoms with Gasteiger partial charge in [-0.1, -0.05) is 30.3 Å². The lowest BCUT2D eigenvalue weighted by Crippen LogP contribution is -2.55. The summed E-state index contributed by atoms with van der Waals surface area (Å²) in [6.07, 6.45) is 2.57. The van der Waals surface area contributed by atoms with Gasteiger partial charge in [-0.2, -0.15) is 0 Å². The molecule has 0 aromatic heterocycles. The van der Waals surface area contributed by atoms with Crippen LogP contribution in [0, 0.1) is 11.7 Å².